The summed E-state index contributed by atoms with van der Waals surface area (Å²) >= 11 is 0. The Morgan fingerprint density at radius 3 is 2.41 bits per heavy atom. The molecule has 0 bridgehead atoms. The average Bonchev–Trinajstić information content (AvgIpc) is 3.48. The van der Waals surface area contributed by atoms with Crippen molar-refractivity contribution in [3.05, 3.63) is 30.1 Å². The first-order valence-corrected chi connectivity index (χ1v) is 12.1. The van der Waals surface area contributed by atoms with Crippen molar-refractivity contribution in [2.75, 3.05) is 11.9 Å². The second kappa shape index (κ2) is 8.21. The first kappa shape index (κ1) is 22.6. The molecule has 1 aliphatic heterocycles. The number of aromatic nitrogens is 3. The fourth-order valence-electron chi connectivity index (χ4n) is 5.12. The largest absolute Gasteiger partial charge is 0.325 e. The summed E-state index contributed by atoms with van der Waals surface area (Å²) in [7, 11) is 0. The molecule has 4 amide bonds. The zero-order valence-electron chi connectivity index (χ0n) is 20.0. The van der Waals surface area contributed by atoms with E-state index in [2.05, 4.69) is 46.6 Å². The summed E-state index contributed by atoms with van der Waals surface area (Å²) in [6, 6.07) is 6.72. The summed E-state index contributed by atoms with van der Waals surface area (Å²) in [5, 5.41) is 12.9. The van der Waals surface area contributed by atoms with Crippen LogP contribution in [0.25, 0.3) is 11.4 Å². The lowest BCUT2D eigenvalue weighted by Gasteiger charge is -2.40. The van der Waals surface area contributed by atoms with Crippen molar-refractivity contribution in [1.82, 2.24) is 25.4 Å². The van der Waals surface area contributed by atoms with Gasteiger partial charge in [-0.1, -0.05) is 20.8 Å². The lowest BCUT2D eigenvalue weighted by molar-refractivity contribution is -0.135. The van der Waals surface area contributed by atoms with Crippen LogP contribution in [0.2, 0.25) is 0 Å². The van der Waals surface area contributed by atoms with Crippen molar-refractivity contribution >= 4 is 23.5 Å². The van der Waals surface area contributed by atoms with Gasteiger partial charge in [0.25, 0.3) is 5.91 Å². The van der Waals surface area contributed by atoms with Crippen LogP contribution >= 0.6 is 0 Å². The number of carbonyl (C=O) groups excluding carboxylic acids is 3. The van der Waals surface area contributed by atoms with Crippen LogP contribution in [0.3, 0.4) is 0 Å². The predicted molar refractivity (Wildman–Crippen MR) is 127 cm³/mol. The molecule has 0 atom stereocenters. The van der Waals surface area contributed by atoms with E-state index < -0.39 is 17.5 Å². The molecule has 1 saturated heterocycles. The molecule has 3 aliphatic rings. The maximum absolute atomic E-state index is 13.1. The number of hydrogen-bond acceptors (Lipinski definition) is 5. The van der Waals surface area contributed by atoms with Crippen molar-refractivity contribution in [1.29, 1.82) is 0 Å². The van der Waals surface area contributed by atoms with Crippen LogP contribution in [0.15, 0.2) is 24.3 Å². The number of rotatable bonds is 5. The topological polar surface area (TPSA) is 120 Å². The molecule has 3 N–H and O–H groups in total. The summed E-state index contributed by atoms with van der Waals surface area (Å²) in [6.07, 6.45) is 5.29. The second-order valence-corrected chi connectivity index (χ2v) is 11.0. The Bertz CT molecular complexity index is 1100. The molecule has 34 heavy (non-hydrogen) atoms. The number of H-pyrrole nitrogens is 1. The van der Waals surface area contributed by atoms with Crippen LogP contribution in [0.4, 0.5) is 10.5 Å². The van der Waals surface area contributed by atoms with E-state index in [1.54, 1.807) is 12.1 Å². The number of nitrogens with one attached hydrogen (secondary N) is 3. The molecule has 2 heterocycles. The monoisotopic (exact) mass is 464 g/mol. The fraction of sp³-hybridized carbons (Fsp3) is 0.560. The van der Waals surface area contributed by atoms with Crippen molar-refractivity contribution < 1.29 is 14.4 Å². The van der Waals surface area contributed by atoms with Gasteiger partial charge in [0.05, 0.1) is 0 Å². The molecule has 1 aromatic heterocycles. The lowest BCUT2D eigenvalue weighted by Crippen LogP contribution is -2.50. The summed E-state index contributed by atoms with van der Waals surface area (Å²) in [6.45, 7) is 6.34. The van der Waals surface area contributed by atoms with Crippen LogP contribution in [0, 0.1) is 11.3 Å². The molecule has 2 saturated carbocycles. The molecule has 5 rings (SSSR count). The number of benzene rings is 1. The van der Waals surface area contributed by atoms with Gasteiger partial charge in [-0.15, -0.1) is 0 Å². The number of aromatic amines is 1. The molecule has 2 aliphatic carbocycles. The lowest BCUT2D eigenvalue weighted by atomic mass is 9.67. The molecule has 3 fully saturated rings. The van der Waals surface area contributed by atoms with Gasteiger partial charge >= 0.3 is 6.03 Å². The Balaban J connectivity index is 1.18. The van der Waals surface area contributed by atoms with Gasteiger partial charge in [0.2, 0.25) is 5.91 Å². The van der Waals surface area contributed by atoms with Gasteiger partial charge in [-0.2, -0.15) is 5.10 Å². The standard InChI is InChI=1S/C25H32N6O3/c1-24(2,3)17-10-12-25(13-11-17)22(33)31(23(34)28-25)14-19(32)26-18-8-6-16(7-9-18)21-27-20(29-30-21)15-4-5-15/h6-9,15,17H,4-5,10-14H2,1-3H3,(H,26,32)(H,28,34)(H,27,29,30). The van der Waals surface area contributed by atoms with Gasteiger partial charge in [0, 0.05) is 17.2 Å². The highest BCUT2D eigenvalue weighted by Gasteiger charge is 2.53. The SMILES string of the molecule is CC(C)(C)C1CCC2(CC1)NC(=O)N(CC(=O)Nc1ccc(-c3n[nH]c(C4CC4)n3)cc1)C2=O. The number of carbonyl (C=O) groups is 3. The number of imide groups is 1. The highest BCUT2D eigenvalue weighted by molar-refractivity contribution is 6.10. The van der Waals surface area contributed by atoms with Gasteiger partial charge in [-0.3, -0.25) is 19.6 Å². The molecule has 9 heteroatoms. The van der Waals surface area contributed by atoms with E-state index in [9.17, 15) is 14.4 Å². The number of amides is 4. The Hall–Kier alpha value is -3.23. The van der Waals surface area contributed by atoms with Crippen LogP contribution in [-0.2, 0) is 9.59 Å². The molecule has 0 unspecified atom stereocenters. The zero-order chi connectivity index (χ0) is 24.1. The molecule has 180 valence electrons. The van der Waals surface area contributed by atoms with Gasteiger partial charge in [0.15, 0.2) is 5.82 Å². The summed E-state index contributed by atoms with van der Waals surface area (Å²) in [4.78, 5) is 43.9. The quantitative estimate of drug-likeness (QED) is 0.581. The third kappa shape index (κ3) is 4.31. The summed E-state index contributed by atoms with van der Waals surface area (Å²) < 4.78 is 0. The Morgan fingerprint density at radius 2 is 1.79 bits per heavy atom. The minimum atomic E-state index is -0.864. The third-order valence-electron chi connectivity index (χ3n) is 7.51. The smallest absolute Gasteiger partial charge is 0.325 e. The number of anilines is 1. The molecule has 0 radical (unpaired) electrons. The number of hydrogen-bond donors (Lipinski definition) is 3. The van der Waals surface area contributed by atoms with Gasteiger partial charge in [-0.05, 0) is 74.1 Å². The minimum absolute atomic E-state index is 0.176. The van der Waals surface area contributed by atoms with Crippen LogP contribution in [0.1, 0.15) is 71.0 Å². The maximum atomic E-state index is 13.1. The third-order valence-corrected chi connectivity index (χ3v) is 7.51. The van der Waals surface area contributed by atoms with E-state index in [-0.39, 0.29) is 17.9 Å². The number of nitrogens with zero attached hydrogens (tertiary/aromatic N) is 3. The van der Waals surface area contributed by atoms with Crippen molar-refractivity contribution in [3.8, 4) is 11.4 Å². The van der Waals surface area contributed by atoms with Gasteiger partial charge in [0.1, 0.15) is 17.9 Å². The minimum Gasteiger partial charge on any atom is -0.325 e. The highest BCUT2D eigenvalue weighted by Crippen LogP contribution is 2.43. The van der Waals surface area contributed by atoms with E-state index in [1.807, 2.05) is 12.1 Å². The van der Waals surface area contributed by atoms with Crippen LogP contribution in [-0.4, -0.2) is 50.0 Å². The zero-order valence-corrected chi connectivity index (χ0v) is 20.0. The average molecular weight is 465 g/mol. The summed E-state index contributed by atoms with van der Waals surface area (Å²) in [5.74, 6) is 1.87. The molecule has 2 aromatic rings. The normalized spacial score (nSPS) is 25.0. The van der Waals surface area contributed by atoms with E-state index >= 15 is 0 Å². The molecule has 9 nitrogen and oxygen atoms in total. The van der Waals surface area contributed by atoms with Crippen LogP contribution < -0.4 is 10.6 Å². The first-order valence-electron chi connectivity index (χ1n) is 12.1. The van der Waals surface area contributed by atoms with Crippen molar-refractivity contribution in [2.45, 2.75) is 70.8 Å². The van der Waals surface area contributed by atoms with Crippen molar-refractivity contribution in [3.63, 3.8) is 0 Å². The number of urea groups is 1. The van der Waals surface area contributed by atoms with E-state index in [0.717, 1.165) is 42.0 Å². The second-order valence-electron chi connectivity index (χ2n) is 11.0. The maximum Gasteiger partial charge on any atom is 0.325 e. The predicted octanol–water partition coefficient (Wildman–Crippen LogP) is 3.81. The van der Waals surface area contributed by atoms with E-state index in [0.29, 0.717) is 36.2 Å². The summed E-state index contributed by atoms with van der Waals surface area (Å²) in [5.41, 5.74) is 0.744. The van der Waals surface area contributed by atoms with E-state index in [4.69, 9.17) is 0 Å². The molecular formula is C25H32N6O3. The van der Waals surface area contributed by atoms with Crippen molar-refractivity contribution in [2.24, 2.45) is 11.3 Å². The Kier molecular flexibility index (Phi) is 5.45. The molecule has 1 spiro atoms. The van der Waals surface area contributed by atoms with Gasteiger partial charge in [-0.25, -0.2) is 9.78 Å². The fourth-order valence-corrected chi connectivity index (χ4v) is 5.12. The van der Waals surface area contributed by atoms with Gasteiger partial charge < -0.3 is 10.6 Å². The molecule has 1 aromatic carbocycles. The molecular weight excluding hydrogens is 432 g/mol. The van der Waals surface area contributed by atoms with Crippen LogP contribution in [0.5, 0.6) is 0 Å². The Morgan fingerprint density at radius 1 is 1.12 bits per heavy atom. The highest BCUT2D eigenvalue weighted by atomic mass is 16.2. The Labute approximate surface area is 199 Å². The van der Waals surface area contributed by atoms with E-state index in [1.165, 1.54) is 0 Å². The first-order chi connectivity index (χ1) is 16.1.